The number of aliphatic hydroxyl groups excluding tert-OH is 1. The minimum absolute atomic E-state index is 0.380. The average Bonchev–Trinajstić information content (AvgIpc) is 2.18. The van der Waals surface area contributed by atoms with Gasteiger partial charge in [0.15, 0.2) is 6.29 Å². The van der Waals surface area contributed by atoms with Crippen molar-refractivity contribution in [2.75, 3.05) is 14.2 Å². The molecule has 84 valence electrons. The highest BCUT2D eigenvalue weighted by Crippen LogP contribution is 2.21. The average molecular weight is 214 g/mol. The number of halogens is 1. The van der Waals surface area contributed by atoms with Gasteiger partial charge in [0.25, 0.3) is 0 Å². The molecule has 0 heterocycles. The molecule has 0 fully saturated rings. The van der Waals surface area contributed by atoms with E-state index in [1.165, 1.54) is 26.4 Å². The molecule has 0 aliphatic carbocycles. The lowest BCUT2D eigenvalue weighted by Gasteiger charge is -2.20. The van der Waals surface area contributed by atoms with Gasteiger partial charge in [0.1, 0.15) is 11.9 Å². The first-order chi connectivity index (χ1) is 7.08. The van der Waals surface area contributed by atoms with Crippen LogP contribution in [0.4, 0.5) is 4.39 Å². The van der Waals surface area contributed by atoms with Gasteiger partial charge in [0.2, 0.25) is 0 Å². The SMILES string of the molecule is COC(OC)C(O)c1cc(C)cc(F)c1. The van der Waals surface area contributed by atoms with Crippen LogP contribution in [0.3, 0.4) is 0 Å². The van der Waals surface area contributed by atoms with Gasteiger partial charge in [0, 0.05) is 14.2 Å². The Labute approximate surface area is 88.4 Å². The van der Waals surface area contributed by atoms with Gasteiger partial charge in [-0.05, 0) is 30.2 Å². The van der Waals surface area contributed by atoms with E-state index in [0.29, 0.717) is 5.56 Å². The smallest absolute Gasteiger partial charge is 0.187 e. The first-order valence-electron chi connectivity index (χ1n) is 4.59. The Balaban J connectivity index is 2.94. The van der Waals surface area contributed by atoms with Crippen LogP contribution in [-0.4, -0.2) is 25.6 Å². The van der Waals surface area contributed by atoms with Gasteiger partial charge in [-0.1, -0.05) is 6.07 Å². The predicted molar refractivity (Wildman–Crippen MR) is 53.9 cm³/mol. The van der Waals surface area contributed by atoms with Crippen LogP contribution in [0.2, 0.25) is 0 Å². The van der Waals surface area contributed by atoms with Crippen molar-refractivity contribution < 1.29 is 19.0 Å². The molecule has 0 saturated carbocycles. The molecule has 1 atom stereocenters. The molecule has 1 rings (SSSR count). The largest absolute Gasteiger partial charge is 0.383 e. The number of benzene rings is 1. The fraction of sp³-hybridized carbons (Fsp3) is 0.455. The van der Waals surface area contributed by atoms with E-state index in [9.17, 15) is 9.50 Å². The second-order valence-electron chi connectivity index (χ2n) is 3.35. The Morgan fingerprint density at radius 3 is 2.27 bits per heavy atom. The zero-order valence-electron chi connectivity index (χ0n) is 9.03. The van der Waals surface area contributed by atoms with E-state index in [1.807, 2.05) is 0 Å². The van der Waals surface area contributed by atoms with E-state index in [0.717, 1.165) is 5.56 Å². The van der Waals surface area contributed by atoms with Crippen LogP contribution < -0.4 is 0 Å². The van der Waals surface area contributed by atoms with E-state index < -0.39 is 12.4 Å². The van der Waals surface area contributed by atoms with Crippen LogP contribution in [-0.2, 0) is 9.47 Å². The summed E-state index contributed by atoms with van der Waals surface area (Å²) in [6.07, 6.45) is -1.78. The fourth-order valence-electron chi connectivity index (χ4n) is 1.45. The lowest BCUT2D eigenvalue weighted by atomic mass is 10.1. The van der Waals surface area contributed by atoms with Crippen LogP contribution >= 0.6 is 0 Å². The Morgan fingerprint density at radius 1 is 1.20 bits per heavy atom. The standard InChI is InChI=1S/C11H15FO3/c1-7-4-8(6-9(12)5-7)10(13)11(14-2)15-3/h4-6,10-11,13H,1-3H3. The second kappa shape index (κ2) is 5.21. The van der Waals surface area contributed by atoms with E-state index in [4.69, 9.17) is 9.47 Å². The molecule has 0 aliphatic heterocycles. The number of hydrogen-bond acceptors (Lipinski definition) is 3. The maximum absolute atomic E-state index is 13.1. The van der Waals surface area contributed by atoms with E-state index >= 15 is 0 Å². The van der Waals surface area contributed by atoms with Gasteiger partial charge in [-0.15, -0.1) is 0 Å². The Bertz CT molecular complexity index is 303. The quantitative estimate of drug-likeness (QED) is 0.776. The van der Waals surface area contributed by atoms with Gasteiger partial charge >= 0.3 is 0 Å². The molecule has 4 heteroatoms. The molecule has 1 unspecified atom stereocenters. The number of hydrogen-bond donors (Lipinski definition) is 1. The summed E-state index contributed by atoms with van der Waals surface area (Å²) < 4.78 is 22.9. The van der Waals surface area contributed by atoms with Gasteiger partial charge in [-0.2, -0.15) is 0 Å². The molecular formula is C11H15FO3. The van der Waals surface area contributed by atoms with Gasteiger partial charge in [-0.3, -0.25) is 0 Å². The normalized spacial score (nSPS) is 13.2. The summed E-state index contributed by atoms with van der Waals surface area (Å²) in [6, 6.07) is 4.35. The number of aryl methyl sites for hydroxylation is 1. The third-order valence-electron chi connectivity index (χ3n) is 2.13. The lowest BCUT2D eigenvalue weighted by Crippen LogP contribution is -2.22. The molecule has 0 saturated heterocycles. The van der Waals surface area contributed by atoms with Crippen LogP contribution in [0.25, 0.3) is 0 Å². The van der Waals surface area contributed by atoms with Crippen molar-refractivity contribution in [3.63, 3.8) is 0 Å². The second-order valence-corrected chi connectivity index (χ2v) is 3.35. The van der Waals surface area contributed by atoms with Crippen LogP contribution in [0, 0.1) is 12.7 Å². The van der Waals surface area contributed by atoms with Crippen molar-refractivity contribution in [3.05, 3.63) is 35.1 Å². The van der Waals surface area contributed by atoms with Gasteiger partial charge < -0.3 is 14.6 Å². The monoisotopic (exact) mass is 214 g/mol. The molecule has 1 aromatic carbocycles. The predicted octanol–water partition coefficient (Wildman–Crippen LogP) is 1.79. The fourth-order valence-corrected chi connectivity index (χ4v) is 1.45. The third kappa shape index (κ3) is 2.99. The first-order valence-corrected chi connectivity index (χ1v) is 4.59. The Kier molecular flexibility index (Phi) is 4.20. The summed E-state index contributed by atoms with van der Waals surface area (Å²) in [5.41, 5.74) is 1.19. The summed E-state index contributed by atoms with van der Waals surface area (Å²) in [5.74, 6) is -0.380. The number of ether oxygens (including phenoxy) is 2. The van der Waals surface area contributed by atoms with Crippen LogP contribution in [0.15, 0.2) is 18.2 Å². The number of methoxy groups -OCH3 is 2. The highest BCUT2D eigenvalue weighted by molar-refractivity contribution is 5.25. The Morgan fingerprint density at radius 2 is 1.80 bits per heavy atom. The number of aliphatic hydroxyl groups is 1. The molecular weight excluding hydrogens is 199 g/mol. The molecule has 1 aromatic rings. The van der Waals surface area contributed by atoms with Crippen molar-refractivity contribution >= 4 is 0 Å². The summed E-state index contributed by atoms with van der Waals surface area (Å²) >= 11 is 0. The van der Waals surface area contributed by atoms with Crippen molar-refractivity contribution in [2.24, 2.45) is 0 Å². The zero-order valence-corrected chi connectivity index (χ0v) is 9.03. The minimum Gasteiger partial charge on any atom is -0.383 e. The molecule has 15 heavy (non-hydrogen) atoms. The zero-order chi connectivity index (χ0) is 11.4. The maximum atomic E-state index is 13.1. The summed E-state index contributed by atoms with van der Waals surface area (Å²) in [7, 11) is 2.84. The highest BCUT2D eigenvalue weighted by atomic mass is 19.1. The van der Waals surface area contributed by atoms with E-state index in [2.05, 4.69) is 0 Å². The maximum Gasteiger partial charge on any atom is 0.187 e. The summed E-state index contributed by atoms with van der Waals surface area (Å²) in [6.45, 7) is 1.76. The first kappa shape index (κ1) is 12.1. The van der Waals surface area contributed by atoms with Crippen LogP contribution in [0.1, 0.15) is 17.2 Å². The van der Waals surface area contributed by atoms with Crippen molar-refractivity contribution in [2.45, 2.75) is 19.3 Å². The summed E-state index contributed by atoms with van der Waals surface area (Å²) in [4.78, 5) is 0. The molecule has 0 spiro atoms. The molecule has 0 radical (unpaired) electrons. The van der Waals surface area contributed by atoms with E-state index in [1.54, 1.807) is 13.0 Å². The van der Waals surface area contributed by atoms with Gasteiger partial charge in [-0.25, -0.2) is 4.39 Å². The minimum atomic E-state index is -0.991. The topological polar surface area (TPSA) is 38.7 Å². The highest BCUT2D eigenvalue weighted by Gasteiger charge is 2.20. The van der Waals surface area contributed by atoms with Crippen LogP contribution in [0.5, 0.6) is 0 Å². The molecule has 0 aromatic heterocycles. The lowest BCUT2D eigenvalue weighted by molar-refractivity contribution is -0.166. The van der Waals surface area contributed by atoms with Crippen molar-refractivity contribution in [1.82, 2.24) is 0 Å². The van der Waals surface area contributed by atoms with Crippen molar-refractivity contribution in [3.8, 4) is 0 Å². The molecule has 0 aliphatic rings. The summed E-state index contributed by atoms with van der Waals surface area (Å²) in [5, 5.41) is 9.81. The van der Waals surface area contributed by atoms with E-state index in [-0.39, 0.29) is 5.82 Å². The molecule has 0 bridgehead atoms. The van der Waals surface area contributed by atoms with Crippen molar-refractivity contribution in [1.29, 1.82) is 0 Å². The Hall–Kier alpha value is -0.970. The third-order valence-corrected chi connectivity index (χ3v) is 2.13. The molecule has 1 N–H and O–H groups in total. The number of rotatable bonds is 4. The molecule has 0 amide bonds. The molecule has 3 nitrogen and oxygen atoms in total. The van der Waals surface area contributed by atoms with Gasteiger partial charge in [0.05, 0.1) is 0 Å².